The topological polar surface area (TPSA) is 90.1 Å². The van der Waals surface area contributed by atoms with Gasteiger partial charge in [-0.3, -0.25) is 10.1 Å². The number of nitrogens with zero attached hydrogens (tertiary/aromatic N) is 2. The lowest BCUT2D eigenvalue weighted by molar-refractivity contribution is -0.116. The fraction of sp³-hybridized carbons (Fsp3) is 0.545. The van der Waals surface area contributed by atoms with Gasteiger partial charge in [0.2, 0.25) is 17.7 Å². The fourth-order valence-electron chi connectivity index (χ4n) is 1.18. The minimum Gasteiger partial charge on any atom is -0.481 e. The van der Waals surface area contributed by atoms with E-state index in [-0.39, 0.29) is 35.4 Å². The first-order valence-corrected chi connectivity index (χ1v) is 5.94. The van der Waals surface area contributed by atoms with Crippen molar-refractivity contribution in [1.82, 2.24) is 9.97 Å². The van der Waals surface area contributed by atoms with Crippen LogP contribution in [0.1, 0.15) is 20.3 Å². The number of amides is 1. The van der Waals surface area contributed by atoms with Gasteiger partial charge in [0.1, 0.15) is 5.15 Å². The average Bonchev–Trinajstić information content (AvgIpc) is 2.27. The number of nitrogens with one attached hydrogen (secondary N) is 1. The van der Waals surface area contributed by atoms with E-state index in [0.717, 1.165) is 0 Å². The molecule has 0 radical (unpaired) electrons. The van der Waals surface area contributed by atoms with Crippen LogP contribution in [0, 0.1) is 5.92 Å². The number of hydrogen-bond acceptors (Lipinski definition) is 5. The molecule has 0 aliphatic rings. The number of hydrogen-bond donors (Lipinski definition) is 2. The smallest absolute Gasteiger partial charge is 0.234 e. The highest BCUT2D eigenvalue weighted by Gasteiger charge is 2.14. The van der Waals surface area contributed by atoms with E-state index in [2.05, 4.69) is 15.3 Å². The molecule has 6 nitrogen and oxygen atoms in total. The summed E-state index contributed by atoms with van der Waals surface area (Å²) in [7, 11) is 1.46. The quantitative estimate of drug-likeness (QED) is 0.792. The Morgan fingerprint density at radius 1 is 1.56 bits per heavy atom. The van der Waals surface area contributed by atoms with E-state index < -0.39 is 0 Å². The van der Waals surface area contributed by atoms with Crippen LogP contribution in [-0.4, -0.2) is 29.0 Å². The largest absolute Gasteiger partial charge is 0.481 e. The SMILES string of the molecule is COc1cc(Cl)nc(NC(=O)CC(N)C(C)C)n1. The molecule has 18 heavy (non-hydrogen) atoms. The third-order valence-corrected chi connectivity index (χ3v) is 2.60. The molecule has 0 saturated heterocycles. The van der Waals surface area contributed by atoms with Crippen LogP contribution in [-0.2, 0) is 4.79 Å². The van der Waals surface area contributed by atoms with E-state index in [1.165, 1.54) is 13.2 Å². The Hall–Kier alpha value is -1.40. The zero-order valence-corrected chi connectivity index (χ0v) is 11.4. The molecule has 100 valence electrons. The van der Waals surface area contributed by atoms with Gasteiger partial charge >= 0.3 is 0 Å². The maximum absolute atomic E-state index is 11.7. The standard InChI is InChI=1S/C11H17ClN4O2/c1-6(2)7(13)4-9(17)15-11-14-8(12)5-10(16-11)18-3/h5-7H,4,13H2,1-3H3,(H,14,15,16,17). The highest BCUT2D eigenvalue weighted by molar-refractivity contribution is 6.29. The molecule has 1 rings (SSSR count). The Morgan fingerprint density at radius 2 is 2.22 bits per heavy atom. The van der Waals surface area contributed by atoms with Gasteiger partial charge in [0.05, 0.1) is 7.11 Å². The molecule has 1 amide bonds. The summed E-state index contributed by atoms with van der Waals surface area (Å²) in [6.07, 6.45) is 0.204. The van der Waals surface area contributed by atoms with E-state index in [4.69, 9.17) is 22.1 Å². The lowest BCUT2D eigenvalue weighted by atomic mass is 10.0. The van der Waals surface area contributed by atoms with Crippen molar-refractivity contribution in [3.63, 3.8) is 0 Å². The van der Waals surface area contributed by atoms with Gasteiger partial charge in [0, 0.05) is 18.5 Å². The minimum atomic E-state index is -0.250. The van der Waals surface area contributed by atoms with Crippen LogP contribution in [0.3, 0.4) is 0 Å². The third-order valence-electron chi connectivity index (χ3n) is 2.41. The van der Waals surface area contributed by atoms with E-state index >= 15 is 0 Å². The second-order valence-electron chi connectivity index (χ2n) is 4.22. The molecule has 7 heteroatoms. The normalized spacial score (nSPS) is 12.3. The first-order chi connectivity index (χ1) is 8.42. The monoisotopic (exact) mass is 272 g/mol. The van der Waals surface area contributed by atoms with E-state index in [0.29, 0.717) is 5.88 Å². The Kier molecular flexibility index (Phi) is 5.30. The summed E-state index contributed by atoms with van der Waals surface area (Å²) < 4.78 is 4.93. The summed E-state index contributed by atoms with van der Waals surface area (Å²) >= 11 is 5.76. The second-order valence-corrected chi connectivity index (χ2v) is 4.60. The van der Waals surface area contributed by atoms with Gasteiger partial charge in [-0.15, -0.1) is 0 Å². The van der Waals surface area contributed by atoms with Crippen molar-refractivity contribution in [3.8, 4) is 5.88 Å². The predicted octanol–water partition coefficient (Wildman–Crippen LogP) is 1.45. The van der Waals surface area contributed by atoms with Crippen molar-refractivity contribution in [3.05, 3.63) is 11.2 Å². The number of carbonyl (C=O) groups excluding carboxylic acids is 1. The number of rotatable bonds is 5. The first-order valence-electron chi connectivity index (χ1n) is 5.56. The maximum atomic E-state index is 11.7. The lowest BCUT2D eigenvalue weighted by Gasteiger charge is -2.14. The van der Waals surface area contributed by atoms with E-state index in [1.54, 1.807) is 0 Å². The summed E-state index contributed by atoms with van der Waals surface area (Å²) in [6.45, 7) is 3.91. The number of anilines is 1. The van der Waals surface area contributed by atoms with Gasteiger partial charge in [0.25, 0.3) is 0 Å². The van der Waals surface area contributed by atoms with Crippen LogP contribution in [0.25, 0.3) is 0 Å². The molecular formula is C11H17ClN4O2. The second kappa shape index (κ2) is 6.51. The number of halogens is 1. The van der Waals surface area contributed by atoms with Gasteiger partial charge in [-0.2, -0.15) is 4.98 Å². The van der Waals surface area contributed by atoms with Crippen molar-refractivity contribution >= 4 is 23.5 Å². The molecule has 0 fully saturated rings. The van der Waals surface area contributed by atoms with Crippen LogP contribution >= 0.6 is 11.6 Å². The molecule has 1 aromatic rings. The molecule has 1 aromatic heterocycles. The van der Waals surface area contributed by atoms with Crippen LogP contribution in [0.4, 0.5) is 5.95 Å². The summed E-state index contributed by atoms with van der Waals surface area (Å²) in [5.41, 5.74) is 5.80. The lowest BCUT2D eigenvalue weighted by Crippen LogP contribution is -2.31. The van der Waals surface area contributed by atoms with Gasteiger partial charge in [-0.1, -0.05) is 25.4 Å². The molecule has 0 aliphatic carbocycles. The molecular weight excluding hydrogens is 256 g/mol. The Labute approximate surface area is 111 Å². The Bertz CT molecular complexity index is 426. The van der Waals surface area contributed by atoms with Crippen molar-refractivity contribution < 1.29 is 9.53 Å². The molecule has 0 spiro atoms. The number of ether oxygens (including phenoxy) is 1. The van der Waals surface area contributed by atoms with Gasteiger partial charge < -0.3 is 10.5 Å². The third kappa shape index (κ3) is 4.46. The number of aromatic nitrogens is 2. The van der Waals surface area contributed by atoms with Crippen LogP contribution in [0.15, 0.2) is 6.07 Å². The maximum Gasteiger partial charge on any atom is 0.234 e. The highest BCUT2D eigenvalue weighted by atomic mass is 35.5. The molecule has 0 aromatic carbocycles. The average molecular weight is 273 g/mol. The number of nitrogens with two attached hydrogens (primary N) is 1. The predicted molar refractivity (Wildman–Crippen MR) is 69.7 cm³/mol. The zero-order valence-electron chi connectivity index (χ0n) is 10.6. The van der Waals surface area contributed by atoms with E-state index in [1.807, 2.05) is 13.8 Å². The molecule has 0 bridgehead atoms. The highest BCUT2D eigenvalue weighted by Crippen LogP contribution is 2.16. The van der Waals surface area contributed by atoms with Crippen LogP contribution < -0.4 is 15.8 Å². The van der Waals surface area contributed by atoms with Crippen molar-refractivity contribution in [2.45, 2.75) is 26.3 Å². The minimum absolute atomic E-state index is 0.111. The Balaban J connectivity index is 2.67. The summed E-state index contributed by atoms with van der Waals surface area (Å²) in [4.78, 5) is 19.5. The van der Waals surface area contributed by atoms with Crippen molar-refractivity contribution in [2.75, 3.05) is 12.4 Å². The summed E-state index contributed by atoms with van der Waals surface area (Å²) in [5, 5.41) is 2.74. The van der Waals surface area contributed by atoms with Gasteiger partial charge in [-0.05, 0) is 5.92 Å². The molecule has 1 heterocycles. The summed E-state index contributed by atoms with van der Waals surface area (Å²) in [6, 6.07) is 1.25. The number of carbonyl (C=O) groups is 1. The fourth-order valence-corrected chi connectivity index (χ4v) is 1.36. The van der Waals surface area contributed by atoms with Gasteiger partial charge in [-0.25, -0.2) is 4.98 Å². The van der Waals surface area contributed by atoms with Crippen molar-refractivity contribution in [1.29, 1.82) is 0 Å². The van der Waals surface area contributed by atoms with Crippen LogP contribution in [0.5, 0.6) is 5.88 Å². The Morgan fingerprint density at radius 3 is 2.78 bits per heavy atom. The first kappa shape index (κ1) is 14.7. The van der Waals surface area contributed by atoms with Gasteiger partial charge in [0.15, 0.2) is 0 Å². The molecule has 3 N–H and O–H groups in total. The van der Waals surface area contributed by atoms with Crippen LogP contribution in [0.2, 0.25) is 5.15 Å². The molecule has 0 saturated carbocycles. The van der Waals surface area contributed by atoms with E-state index in [9.17, 15) is 4.79 Å². The number of methoxy groups -OCH3 is 1. The van der Waals surface area contributed by atoms with Crippen molar-refractivity contribution in [2.24, 2.45) is 11.7 Å². The summed E-state index contributed by atoms with van der Waals surface area (Å²) in [5.74, 6) is 0.379. The molecule has 0 aliphatic heterocycles. The molecule has 1 atom stereocenters. The zero-order chi connectivity index (χ0) is 13.7. The molecule has 1 unspecified atom stereocenters.